The van der Waals surface area contributed by atoms with E-state index in [0.29, 0.717) is 45.1 Å². The van der Waals surface area contributed by atoms with Crippen molar-refractivity contribution in [3.63, 3.8) is 0 Å². The van der Waals surface area contributed by atoms with Gasteiger partial charge in [-0.15, -0.1) is 0 Å². The third kappa shape index (κ3) is 4.09. The Labute approximate surface area is 167 Å². The van der Waals surface area contributed by atoms with Gasteiger partial charge in [0, 0.05) is 38.8 Å². The Balaban J connectivity index is 1.34. The molecule has 4 rings (SSSR count). The van der Waals surface area contributed by atoms with Gasteiger partial charge in [-0.2, -0.15) is 5.10 Å². The van der Waals surface area contributed by atoms with Crippen LogP contribution >= 0.6 is 0 Å². The summed E-state index contributed by atoms with van der Waals surface area (Å²) >= 11 is 0. The van der Waals surface area contributed by atoms with E-state index in [1.165, 1.54) is 19.3 Å². The monoisotopic (exact) mass is 388 g/mol. The first kappa shape index (κ1) is 19.4. The molecule has 0 atom stereocenters. The van der Waals surface area contributed by atoms with Gasteiger partial charge in [0.05, 0.1) is 30.9 Å². The van der Waals surface area contributed by atoms with Crippen LogP contribution in [0.2, 0.25) is 0 Å². The Kier molecular flexibility index (Phi) is 5.71. The van der Waals surface area contributed by atoms with Gasteiger partial charge in [-0.05, 0) is 31.7 Å². The summed E-state index contributed by atoms with van der Waals surface area (Å²) in [7, 11) is 1.90. The zero-order chi connectivity index (χ0) is 19.6. The molecule has 2 saturated heterocycles. The molecule has 3 aliphatic rings. The molecule has 0 aromatic carbocycles. The van der Waals surface area contributed by atoms with Crippen molar-refractivity contribution in [1.82, 2.24) is 19.6 Å². The minimum absolute atomic E-state index is 0.144. The lowest BCUT2D eigenvalue weighted by Gasteiger charge is -2.41. The normalized spacial score (nSPS) is 23.8. The van der Waals surface area contributed by atoms with Gasteiger partial charge < -0.3 is 14.5 Å². The molecule has 3 fully saturated rings. The molecule has 7 heteroatoms. The molecule has 1 aromatic rings. The minimum Gasteiger partial charge on any atom is -0.372 e. The van der Waals surface area contributed by atoms with Crippen molar-refractivity contribution >= 4 is 11.8 Å². The molecule has 1 spiro atoms. The number of hydrogen-bond acceptors (Lipinski definition) is 4. The van der Waals surface area contributed by atoms with Gasteiger partial charge in [-0.3, -0.25) is 14.3 Å². The summed E-state index contributed by atoms with van der Waals surface area (Å²) in [4.78, 5) is 29.6. The van der Waals surface area contributed by atoms with Crippen molar-refractivity contribution in [3.8, 4) is 0 Å². The second-order valence-electron chi connectivity index (χ2n) is 8.63. The topological polar surface area (TPSA) is 67.7 Å². The first-order chi connectivity index (χ1) is 13.6. The van der Waals surface area contributed by atoms with E-state index in [9.17, 15) is 9.59 Å². The summed E-state index contributed by atoms with van der Waals surface area (Å²) in [6.07, 6.45) is 9.39. The first-order valence-corrected chi connectivity index (χ1v) is 10.7. The Morgan fingerprint density at radius 1 is 1.21 bits per heavy atom. The largest absolute Gasteiger partial charge is 0.372 e. The maximum atomic E-state index is 12.9. The van der Waals surface area contributed by atoms with Crippen LogP contribution in [0.5, 0.6) is 0 Å². The molecule has 7 nitrogen and oxygen atoms in total. The number of carbonyl (C=O) groups excluding carboxylic acids is 2. The zero-order valence-electron chi connectivity index (χ0n) is 16.9. The standard InChI is InChI=1S/C21H32N4O3/c1-23-18(7-10-22-23)16-25-13-14-28-21(15-19(25)26)8-11-24(12-9-21)20(27)17-5-3-2-4-6-17/h7,10,17H,2-6,8-9,11-16H2,1H3. The predicted octanol–water partition coefficient (Wildman–Crippen LogP) is 2.11. The van der Waals surface area contributed by atoms with E-state index in [1.807, 2.05) is 27.6 Å². The van der Waals surface area contributed by atoms with Crippen LogP contribution in [-0.4, -0.2) is 63.2 Å². The average molecular weight is 389 g/mol. The van der Waals surface area contributed by atoms with E-state index >= 15 is 0 Å². The zero-order valence-corrected chi connectivity index (χ0v) is 16.9. The van der Waals surface area contributed by atoms with E-state index in [4.69, 9.17) is 4.74 Å². The molecular weight excluding hydrogens is 356 g/mol. The number of nitrogens with zero attached hydrogens (tertiary/aromatic N) is 4. The maximum Gasteiger partial charge on any atom is 0.225 e. The van der Waals surface area contributed by atoms with E-state index in [1.54, 1.807) is 6.20 Å². The smallest absolute Gasteiger partial charge is 0.225 e. The number of amides is 2. The van der Waals surface area contributed by atoms with Crippen LogP contribution in [-0.2, 0) is 27.9 Å². The predicted molar refractivity (Wildman–Crippen MR) is 104 cm³/mol. The van der Waals surface area contributed by atoms with Crippen LogP contribution in [0.15, 0.2) is 12.3 Å². The molecule has 154 valence electrons. The van der Waals surface area contributed by atoms with Crippen molar-refractivity contribution in [3.05, 3.63) is 18.0 Å². The van der Waals surface area contributed by atoms with Crippen molar-refractivity contribution in [1.29, 1.82) is 0 Å². The van der Waals surface area contributed by atoms with Gasteiger partial charge in [0.2, 0.25) is 11.8 Å². The maximum absolute atomic E-state index is 12.9. The van der Waals surface area contributed by atoms with Gasteiger partial charge in [0.25, 0.3) is 0 Å². The Morgan fingerprint density at radius 2 is 1.96 bits per heavy atom. The van der Waals surface area contributed by atoms with Crippen LogP contribution in [0.1, 0.15) is 57.1 Å². The summed E-state index contributed by atoms with van der Waals surface area (Å²) in [6, 6.07) is 1.95. The highest BCUT2D eigenvalue weighted by molar-refractivity contribution is 5.79. The molecule has 0 N–H and O–H groups in total. The molecule has 1 saturated carbocycles. The fraction of sp³-hybridized carbons (Fsp3) is 0.762. The van der Waals surface area contributed by atoms with Crippen LogP contribution in [0, 0.1) is 5.92 Å². The third-order valence-electron chi connectivity index (χ3n) is 6.81. The number of rotatable bonds is 3. The van der Waals surface area contributed by atoms with Crippen molar-refractivity contribution in [2.45, 2.75) is 63.5 Å². The van der Waals surface area contributed by atoms with Gasteiger partial charge in [-0.25, -0.2) is 0 Å². The quantitative estimate of drug-likeness (QED) is 0.795. The lowest BCUT2D eigenvalue weighted by atomic mass is 9.85. The van der Waals surface area contributed by atoms with E-state index < -0.39 is 5.60 Å². The highest BCUT2D eigenvalue weighted by Gasteiger charge is 2.42. The van der Waals surface area contributed by atoms with Crippen molar-refractivity contribution < 1.29 is 14.3 Å². The molecule has 1 aromatic heterocycles. The van der Waals surface area contributed by atoms with Crippen LogP contribution in [0.3, 0.4) is 0 Å². The number of carbonyl (C=O) groups is 2. The second-order valence-corrected chi connectivity index (χ2v) is 8.63. The van der Waals surface area contributed by atoms with Crippen LogP contribution < -0.4 is 0 Å². The molecule has 28 heavy (non-hydrogen) atoms. The molecular formula is C21H32N4O3. The van der Waals surface area contributed by atoms with Crippen molar-refractivity contribution in [2.24, 2.45) is 13.0 Å². The summed E-state index contributed by atoms with van der Waals surface area (Å²) in [6.45, 7) is 3.16. The highest BCUT2D eigenvalue weighted by Crippen LogP contribution is 2.34. The van der Waals surface area contributed by atoms with Crippen LogP contribution in [0.25, 0.3) is 0 Å². The number of aryl methyl sites for hydroxylation is 1. The van der Waals surface area contributed by atoms with Gasteiger partial charge in [0.1, 0.15) is 0 Å². The van der Waals surface area contributed by atoms with Crippen molar-refractivity contribution in [2.75, 3.05) is 26.2 Å². The van der Waals surface area contributed by atoms with Gasteiger partial charge in [-0.1, -0.05) is 19.3 Å². The lowest BCUT2D eigenvalue weighted by molar-refractivity contribution is -0.145. The average Bonchev–Trinajstić information content (AvgIpc) is 3.05. The lowest BCUT2D eigenvalue weighted by Crippen LogP contribution is -2.50. The van der Waals surface area contributed by atoms with Crippen LogP contribution in [0.4, 0.5) is 0 Å². The molecule has 1 aliphatic carbocycles. The Morgan fingerprint density at radius 3 is 2.64 bits per heavy atom. The number of aromatic nitrogens is 2. The third-order valence-corrected chi connectivity index (χ3v) is 6.81. The highest BCUT2D eigenvalue weighted by atomic mass is 16.5. The number of ether oxygens (including phenoxy) is 1. The van der Waals surface area contributed by atoms with Gasteiger partial charge in [0.15, 0.2) is 0 Å². The molecule has 2 aliphatic heterocycles. The molecule has 3 heterocycles. The van der Waals surface area contributed by atoms with Gasteiger partial charge >= 0.3 is 0 Å². The summed E-state index contributed by atoms with van der Waals surface area (Å²) < 4.78 is 8.04. The first-order valence-electron chi connectivity index (χ1n) is 10.7. The second kappa shape index (κ2) is 8.23. The SMILES string of the molecule is Cn1nccc1CN1CCOC2(CCN(C(=O)C3CCCCC3)CC2)CC1=O. The summed E-state index contributed by atoms with van der Waals surface area (Å²) in [5, 5.41) is 4.19. The minimum atomic E-state index is -0.401. The molecule has 0 unspecified atom stereocenters. The number of piperidine rings is 1. The fourth-order valence-electron chi connectivity index (χ4n) is 4.92. The number of likely N-dealkylation sites (tertiary alicyclic amines) is 1. The number of hydrogen-bond donors (Lipinski definition) is 0. The molecule has 0 radical (unpaired) electrons. The van der Waals surface area contributed by atoms with E-state index in [0.717, 1.165) is 31.4 Å². The molecule has 0 bridgehead atoms. The Hall–Kier alpha value is -1.89. The fourth-order valence-corrected chi connectivity index (χ4v) is 4.92. The summed E-state index contributed by atoms with van der Waals surface area (Å²) in [5.41, 5.74) is 0.624. The summed E-state index contributed by atoms with van der Waals surface area (Å²) in [5.74, 6) is 0.687. The molecule has 2 amide bonds. The van der Waals surface area contributed by atoms with E-state index in [2.05, 4.69) is 5.10 Å². The van der Waals surface area contributed by atoms with E-state index in [-0.39, 0.29) is 11.8 Å². The Bertz CT molecular complexity index is 702.